The molecule has 0 bridgehead atoms. The Bertz CT molecular complexity index is 705. The monoisotopic (exact) mass is 332 g/mol. The largest absolute Gasteiger partial charge is 0.391 e. The van der Waals surface area contributed by atoms with E-state index in [1.165, 1.54) is 6.20 Å². The number of carbonyl (C=O) groups is 2. The fraction of sp³-hybridized carbons (Fsp3) is 0.333. The number of likely N-dealkylation sites (tertiary alicyclic amines) is 1. The molecule has 1 aliphatic heterocycles. The number of hydrogen-bond donors (Lipinski definition) is 2. The minimum Gasteiger partial charge on any atom is -0.391 e. The molecule has 1 atom stereocenters. The lowest BCUT2D eigenvalue weighted by atomic mass is 10.1. The second kappa shape index (κ2) is 6.84. The molecular weight excluding hydrogens is 316 g/mol. The van der Waals surface area contributed by atoms with Gasteiger partial charge in [-0.3, -0.25) is 9.59 Å². The summed E-state index contributed by atoms with van der Waals surface area (Å²) >= 11 is 0.960. The number of piperidine rings is 1. The molecule has 1 fully saturated rings. The average Bonchev–Trinajstić information content (AvgIpc) is 3.09. The zero-order valence-corrected chi connectivity index (χ0v) is 13.1. The van der Waals surface area contributed by atoms with Gasteiger partial charge in [-0.1, -0.05) is 6.07 Å². The molecule has 2 amide bonds. The number of nitrogens with zero attached hydrogens (tertiary/aromatic N) is 3. The number of amides is 2. The Hall–Kier alpha value is -2.32. The zero-order valence-electron chi connectivity index (χ0n) is 12.3. The minimum absolute atomic E-state index is 0.143. The van der Waals surface area contributed by atoms with Crippen LogP contribution in [0.5, 0.6) is 0 Å². The number of carbonyl (C=O) groups excluding carboxylic acids is 2. The van der Waals surface area contributed by atoms with Crippen molar-refractivity contribution >= 4 is 29.2 Å². The first-order valence-corrected chi connectivity index (χ1v) is 8.03. The molecule has 7 nitrogen and oxygen atoms in total. The molecule has 1 aliphatic rings. The van der Waals surface area contributed by atoms with E-state index in [1.807, 2.05) is 0 Å². The van der Waals surface area contributed by atoms with Gasteiger partial charge in [0.15, 0.2) is 5.69 Å². The van der Waals surface area contributed by atoms with Gasteiger partial charge in [0.05, 0.1) is 24.0 Å². The molecule has 1 aromatic carbocycles. The molecule has 0 unspecified atom stereocenters. The van der Waals surface area contributed by atoms with E-state index in [4.69, 9.17) is 0 Å². The molecule has 1 aromatic heterocycles. The average molecular weight is 332 g/mol. The first-order chi connectivity index (χ1) is 11.1. The SMILES string of the molecule is O=C(Nc1cccc(C(=O)N2CCC[C@@H](O)C2)c1)c1cnsn1. The predicted octanol–water partition coefficient (Wildman–Crippen LogP) is 1.39. The van der Waals surface area contributed by atoms with Gasteiger partial charge < -0.3 is 15.3 Å². The van der Waals surface area contributed by atoms with Crippen molar-refractivity contribution in [2.45, 2.75) is 18.9 Å². The third-order valence-corrected chi connectivity index (χ3v) is 4.12. The number of nitrogens with one attached hydrogen (secondary N) is 1. The number of benzene rings is 1. The van der Waals surface area contributed by atoms with Crippen LogP contribution in [0.15, 0.2) is 30.5 Å². The first-order valence-electron chi connectivity index (χ1n) is 7.30. The molecule has 2 heterocycles. The minimum atomic E-state index is -0.465. The molecule has 8 heteroatoms. The normalized spacial score (nSPS) is 17.8. The molecular formula is C15H16N4O3S. The Morgan fingerprint density at radius 2 is 2.26 bits per heavy atom. The van der Waals surface area contributed by atoms with Crippen molar-refractivity contribution in [3.63, 3.8) is 0 Å². The van der Waals surface area contributed by atoms with Gasteiger partial charge in [-0.2, -0.15) is 8.75 Å². The van der Waals surface area contributed by atoms with Crippen molar-refractivity contribution < 1.29 is 14.7 Å². The summed E-state index contributed by atoms with van der Waals surface area (Å²) in [6, 6.07) is 6.74. The summed E-state index contributed by atoms with van der Waals surface area (Å²) in [4.78, 5) is 26.1. The number of anilines is 1. The summed E-state index contributed by atoms with van der Waals surface area (Å²) in [6.45, 7) is 0.983. The van der Waals surface area contributed by atoms with Crippen molar-refractivity contribution in [1.29, 1.82) is 0 Å². The number of aliphatic hydroxyl groups excluding tert-OH is 1. The van der Waals surface area contributed by atoms with E-state index in [1.54, 1.807) is 29.2 Å². The van der Waals surface area contributed by atoms with E-state index in [-0.39, 0.29) is 17.5 Å². The van der Waals surface area contributed by atoms with E-state index >= 15 is 0 Å². The lowest BCUT2D eigenvalue weighted by Crippen LogP contribution is -2.42. The Balaban J connectivity index is 1.72. The fourth-order valence-corrected chi connectivity index (χ4v) is 2.92. The Morgan fingerprint density at radius 1 is 1.39 bits per heavy atom. The van der Waals surface area contributed by atoms with Gasteiger partial charge in [-0.25, -0.2) is 0 Å². The van der Waals surface area contributed by atoms with Gasteiger partial charge in [0, 0.05) is 24.3 Å². The van der Waals surface area contributed by atoms with Gasteiger partial charge in [-0.05, 0) is 31.0 Å². The highest BCUT2D eigenvalue weighted by Crippen LogP contribution is 2.17. The highest BCUT2D eigenvalue weighted by atomic mass is 32.1. The summed E-state index contributed by atoms with van der Waals surface area (Å²) in [5.74, 6) is -0.507. The van der Waals surface area contributed by atoms with Crippen LogP contribution in [0.1, 0.15) is 33.7 Å². The third kappa shape index (κ3) is 3.72. The summed E-state index contributed by atoms with van der Waals surface area (Å²) in [7, 11) is 0. The van der Waals surface area contributed by atoms with Crippen LogP contribution < -0.4 is 5.32 Å². The molecule has 23 heavy (non-hydrogen) atoms. The number of rotatable bonds is 3. The lowest BCUT2D eigenvalue weighted by Gasteiger charge is -2.30. The molecule has 1 saturated heterocycles. The van der Waals surface area contributed by atoms with Crippen LogP contribution in [0.3, 0.4) is 0 Å². The zero-order chi connectivity index (χ0) is 16.2. The maximum Gasteiger partial charge on any atom is 0.277 e. The fourth-order valence-electron chi connectivity index (χ4n) is 2.51. The smallest absolute Gasteiger partial charge is 0.277 e. The van der Waals surface area contributed by atoms with Gasteiger partial charge in [0.25, 0.3) is 11.8 Å². The van der Waals surface area contributed by atoms with E-state index in [0.29, 0.717) is 24.3 Å². The van der Waals surface area contributed by atoms with Crippen LogP contribution in [0.4, 0.5) is 5.69 Å². The number of hydrogen-bond acceptors (Lipinski definition) is 6. The molecule has 2 N–H and O–H groups in total. The summed E-state index contributed by atoms with van der Waals surface area (Å²) in [5, 5.41) is 12.4. The summed E-state index contributed by atoms with van der Waals surface area (Å²) in [5.41, 5.74) is 1.24. The van der Waals surface area contributed by atoms with Crippen LogP contribution in [-0.4, -0.2) is 49.8 Å². The third-order valence-electron chi connectivity index (χ3n) is 3.65. The molecule has 120 valence electrons. The second-order valence-electron chi connectivity index (χ2n) is 5.37. The molecule has 0 spiro atoms. The quantitative estimate of drug-likeness (QED) is 0.885. The number of aromatic nitrogens is 2. The maximum absolute atomic E-state index is 12.5. The van der Waals surface area contributed by atoms with Crippen LogP contribution in [0, 0.1) is 0 Å². The number of aliphatic hydroxyl groups is 1. The van der Waals surface area contributed by atoms with Crippen LogP contribution in [-0.2, 0) is 0 Å². The predicted molar refractivity (Wildman–Crippen MR) is 85.4 cm³/mol. The Morgan fingerprint density at radius 3 is 3.00 bits per heavy atom. The van der Waals surface area contributed by atoms with Gasteiger partial charge in [0.2, 0.25) is 0 Å². The summed E-state index contributed by atoms with van der Waals surface area (Å²) in [6.07, 6.45) is 2.44. The van der Waals surface area contributed by atoms with Crippen molar-refractivity contribution in [3.8, 4) is 0 Å². The molecule has 0 radical (unpaired) electrons. The van der Waals surface area contributed by atoms with E-state index < -0.39 is 6.10 Å². The maximum atomic E-state index is 12.5. The standard InChI is InChI=1S/C15H16N4O3S/c20-12-5-2-6-19(9-12)15(22)10-3-1-4-11(7-10)17-14(21)13-8-16-23-18-13/h1,3-4,7-8,12,20H,2,5-6,9H2,(H,17,21)/t12-/m1/s1. The van der Waals surface area contributed by atoms with Crippen LogP contribution in [0.2, 0.25) is 0 Å². The van der Waals surface area contributed by atoms with Crippen molar-refractivity contribution in [3.05, 3.63) is 41.7 Å². The Kier molecular flexibility index (Phi) is 4.63. The first kappa shape index (κ1) is 15.6. The topological polar surface area (TPSA) is 95.4 Å². The lowest BCUT2D eigenvalue weighted by molar-refractivity contribution is 0.0474. The van der Waals surface area contributed by atoms with E-state index in [0.717, 1.165) is 24.6 Å². The van der Waals surface area contributed by atoms with Crippen LogP contribution >= 0.6 is 11.7 Å². The van der Waals surface area contributed by atoms with Gasteiger partial charge >= 0.3 is 0 Å². The Labute approximate surface area is 137 Å². The summed E-state index contributed by atoms with van der Waals surface area (Å²) < 4.78 is 7.65. The van der Waals surface area contributed by atoms with E-state index in [2.05, 4.69) is 14.1 Å². The molecule has 0 saturated carbocycles. The van der Waals surface area contributed by atoms with Crippen molar-refractivity contribution in [1.82, 2.24) is 13.6 Å². The highest BCUT2D eigenvalue weighted by molar-refractivity contribution is 6.99. The van der Waals surface area contributed by atoms with Gasteiger partial charge in [-0.15, -0.1) is 0 Å². The van der Waals surface area contributed by atoms with Crippen molar-refractivity contribution in [2.75, 3.05) is 18.4 Å². The highest BCUT2D eigenvalue weighted by Gasteiger charge is 2.23. The molecule has 3 rings (SSSR count). The van der Waals surface area contributed by atoms with Gasteiger partial charge in [0.1, 0.15) is 0 Å². The second-order valence-corrected chi connectivity index (χ2v) is 5.93. The molecule has 2 aromatic rings. The van der Waals surface area contributed by atoms with Crippen molar-refractivity contribution in [2.24, 2.45) is 0 Å². The van der Waals surface area contributed by atoms with Crippen LogP contribution in [0.25, 0.3) is 0 Å². The van der Waals surface area contributed by atoms with E-state index in [9.17, 15) is 14.7 Å². The number of β-amino-alcohol motifs (C(OH)–C–C–N with tert-alkyl or cyclic N) is 1. The molecule has 0 aliphatic carbocycles.